The van der Waals surface area contributed by atoms with Gasteiger partial charge in [-0.3, -0.25) is 0 Å². The summed E-state index contributed by atoms with van der Waals surface area (Å²) in [5, 5.41) is 0. The topological polar surface area (TPSA) is 72.4 Å². The standard InChI is InChI=1S/FH2O4P.Na/c1-5-6(2,3)4;/h(H2,2,3,4);/q;+1/p-2. The van der Waals surface area contributed by atoms with E-state index in [1.807, 2.05) is 4.73 Å². The predicted molar refractivity (Wildman–Crippen MR) is 9.80 cm³/mol. The fourth-order valence-corrected chi connectivity index (χ4v) is 0. The summed E-state index contributed by atoms with van der Waals surface area (Å²) >= 11 is 0. The van der Waals surface area contributed by atoms with Crippen molar-refractivity contribution in [3.8, 4) is 0 Å². The molecule has 38 valence electrons. The van der Waals surface area contributed by atoms with E-state index in [9.17, 15) is 4.53 Å². The van der Waals surface area contributed by atoms with Gasteiger partial charge < -0.3 is 14.4 Å². The quantitative estimate of drug-likeness (QED) is 0.271. The van der Waals surface area contributed by atoms with E-state index < -0.39 is 7.82 Å². The SMILES string of the molecule is O=P([O-])([O-])OF.[Na+]. The molecule has 0 aliphatic heterocycles. The summed E-state index contributed by atoms with van der Waals surface area (Å²) in [6.45, 7) is 0. The van der Waals surface area contributed by atoms with Gasteiger partial charge in [0.15, 0.2) is 0 Å². The van der Waals surface area contributed by atoms with Crippen LogP contribution in [-0.2, 0) is 9.29 Å². The summed E-state index contributed by atoms with van der Waals surface area (Å²) in [5.74, 6) is 0. The molecule has 0 atom stereocenters. The Labute approximate surface area is 61.1 Å². The minimum atomic E-state index is -5.31. The first kappa shape index (κ1) is 10.9. The Kier molecular flexibility index (Phi) is 6.20. The molecule has 0 aromatic heterocycles. The van der Waals surface area contributed by atoms with Crippen LogP contribution in [0.3, 0.4) is 0 Å². The molecule has 7 heteroatoms. The maximum Gasteiger partial charge on any atom is 1.00 e. The molecule has 0 aromatic rings. The molecule has 0 aliphatic rings. The van der Waals surface area contributed by atoms with E-state index in [1.54, 1.807) is 0 Å². The molecule has 0 heterocycles. The number of hydrogen-bond donors (Lipinski definition) is 0. The van der Waals surface area contributed by atoms with Crippen LogP contribution in [0, 0.1) is 0 Å². The van der Waals surface area contributed by atoms with Crippen LogP contribution in [0.5, 0.6) is 0 Å². The molecule has 7 heavy (non-hydrogen) atoms. The first-order valence-electron chi connectivity index (χ1n) is 0.885. The molecular formula is FNaO4P-. The zero-order chi connectivity index (χ0) is 5.21. The zero-order valence-electron chi connectivity index (χ0n) is 3.46. The minimum absolute atomic E-state index is 0. The molecule has 0 spiro atoms. The van der Waals surface area contributed by atoms with Crippen LogP contribution in [-0.4, -0.2) is 0 Å². The Morgan fingerprint density at radius 3 is 1.71 bits per heavy atom. The fourth-order valence-electron chi connectivity index (χ4n) is 0. The molecule has 0 bridgehead atoms. The third kappa shape index (κ3) is 11.0. The second-order valence-electron chi connectivity index (χ2n) is 0.516. The Morgan fingerprint density at radius 2 is 1.71 bits per heavy atom. The van der Waals surface area contributed by atoms with Crippen molar-refractivity contribution < 1.29 is 53.2 Å². The van der Waals surface area contributed by atoms with Gasteiger partial charge in [0.25, 0.3) is 0 Å². The molecule has 0 fully saturated rings. The van der Waals surface area contributed by atoms with Gasteiger partial charge >= 0.3 is 29.6 Å². The largest absolute Gasteiger partial charge is 1.00 e. The maximum atomic E-state index is 10.1. The van der Waals surface area contributed by atoms with Crippen molar-refractivity contribution >= 4 is 7.82 Å². The van der Waals surface area contributed by atoms with Crippen molar-refractivity contribution in [2.24, 2.45) is 0 Å². The van der Waals surface area contributed by atoms with Gasteiger partial charge in [-0.15, -0.1) is 0 Å². The molecule has 0 rings (SSSR count). The summed E-state index contributed by atoms with van der Waals surface area (Å²) in [6.07, 6.45) is 0. The molecule has 0 unspecified atom stereocenters. The molecule has 0 amide bonds. The molecule has 0 saturated heterocycles. The van der Waals surface area contributed by atoms with Gasteiger partial charge in [0, 0.05) is 0 Å². The first-order chi connectivity index (χ1) is 2.56. The van der Waals surface area contributed by atoms with Crippen LogP contribution in [0.4, 0.5) is 4.53 Å². The van der Waals surface area contributed by atoms with Crippen molar-refractivity contribution in [1.29, 1.82) is 0 Å². The molecule has 0 N–H and O–H groups in total. The number of rotatable bonds is 1. The van der Waals surface area contributed by atoms with Crippen molar-refractivity contribution in [3.63, 3.8) is 0 Å². The Hall–Kier alpha value is 1.04. The average molecular weight is 137 g/mol. The van der Waals surface area contributed by atoms with Crippen LogP contribution >= 0.6 is 7.82 Å². The van der Waals surface area contributed by atoms with E-state index in [0.717, 1.165) is 0 Å². The summed E-state index contributed by atoms with van der Waals surface area (Å²) in [5.41, 5.74) is 0. The van der Waals surface area contributed by atoms with E-state index in [2.05, 4.69) is 0 Å². The van der Waals surface area contributed by atoms with Gasteiger partial charge in [0.1, 0.15) is 7.82 Å². The van der Waals surface area contributed by atoms with Crippen LogP contribution in [0.15, 0.2) is 0 Å². The van der Waals surface area contributed by atoms with Gasteiger partial charge in [-0.2, -0.15) is 4.73 Å². The Bertz CT molecular complexity index is 75.8. The average Bonchev–Trinajstić information content (AvgIpc) is 1.35. The summed E-state index contributed by atoms with van der Waals surface area (Å²) < 4.78 is 20.9. The van der Waals surface area contributed by atoms with E-state index >= 15 is 0 Å². The first-order valence-corrected chi connectivity index (χ1v) is 2.35. The van der Waals surface area contributed by atoms with E-state index in [0.29, 0.717) is 0 Å². The van der Waals surface area contributed by atoms with Crippen LogP contribution in [0.2, 0.25) is 0 Å². The van der Waals surface area contributed by atoms with Gasteiger partial charge in [0.2, 0.25) is 0 Å². The summed E-state index contributed by atoms with van der Waals surface area (Å²) in [4.78, 5) is 17.8. The van der Waals surface area contributed by atoms with Gasteiger partial charge in [-0.25, -0.2) is 0 Å². The fraction of sp³-hybridized carbons (Fsp3) is 0. The monoisotopic (exact) mass is 137 g/mol. The van der Waals surface area contributed by atoms with Crippen LogP contribution in [0.25, 0.3) is 0 Å². The summed E-state index contributed by atoms with van der Waals surface area (Å²) in [6, 6.07) is 0. The minimum Gasteiger partial charge on any atom is -0.787 e. The zero-order valence-corrected chi connectivity index (χ0v) is 6.35. The van der Waals surface area contributed by atoms with Crippen molar-refractivity contribution in [2.75, 3.05) is 0 Å². The Balaban J connectivity index is 0. The summed E-state index contributed by atoms with van der Waals surface area (Å²) in [7, 11) is -5.31. The second kappa shape index (κ2) is 3.97. The molecule has 4 nitrogen and oxygen atoms in total. The smallest absolute Gasteiger partial charge is 0.787 e. The second-order valence-corrected chi connectivity index (χ2v) is 1.55. The van der Waals surface area contributed by atoms with Crippen molar-refractivity contribution in [3.05, 3.63) is 0 Å². The maximum absolute atomic E-state index is 10.1. The molecule has 0 aliphatic carbocycles. The van der Waals surface area contributed by atoms with Crippen molar-refractivity contribution in [1.82, 2.24) is 0 Å². The van der Waals surface area contributed by atoms with E-state index in [4.69, 9.17) is 14.4 Å². The number of hydrogen-bond acceptors (Lipinski definition) is 4. The number of phosphoric acid groups is 1. The van der Waals surface area contributed by atoms with Gasteiger partial charge in [-0.1, -0.05) is 0 Å². The van der Waals surface area contributed by atoms with Gasteiger partial charge in [0.05, 0.1) is 0 Å². The van der Waals surface area contributed by atoms with Crippen LogP contribution in [0.1, 0.15) is 0 Å². The van der Waals surface area contributed by atoms with E-state index in [1.165, 1.54) is 0 Å². The molecule has 0 saturated carbocycles. The molecular weight excluding hydrogens is 137 g/mol. The number of halogens is 1. The van der Waals surface area contributed by atoms with Crippen LogP contribution < -0.4 is 39.3 Å². The van der Waals surface area contributed by atoms with Gasteiger partial charge in [-0.05, 0) is 4.53 Å². The van der Waals surface area contributed by atoms with Crippen molar-refractivity contribution in [2.45, 2.75) is 0 Å². The predicted octanol–water partition coefficient (Wildman–Crippen LogP) is -4.28. The third-order valence-electron chi connectivity index (χ3n) is 0.0845. The third-order valence-corrected chi connectivity index (χ3v) is 0.254. The molecule has 0 radical (unpaired) electrons. The van der Waals surface area contributed by atoms with E-state index in [-0.39, 0.29) is 29.6 Å². The Morgan fingerprint density at radius 1 is 1.57 bits per heavy atom. The molecule has 0 aromatic carbocycles. The normalized spacial score (nSPS) is 10.1.